The van der Waals surface area contributed by atoms with E-state index in [0.717, 1.165) is 11.3 Å². The zero-order valence-electron chi connectivity index (χ0n) is 15.7. The highest BCUT2D eigenvalue weighted by Gasteiger charge is 2.27. The van der Waals surface area contributed by atoms with E-state index in [2.05, 4.69) is 15.8 Å². The highest BCUT2D eigenvalue weighted by atomic mass is 16.6. The molecule has 1 heterocycles. The van der Waals surface area contributed by atoms with Crippen LogP contribution in [0, 0.1) is 0 Å². The predicted molar refractivity (Wildman–Crippen MR) is 106 cm³/mol. The molecule has 0 saturated carbocycles. The van der Waals surface area contributed by atoms with Crippen molar-refractivity contribution in [2.24, 2.45) is 5.10 Å². The Morgan fingerprint density at radius 2 is 1.86 bits per heavy atom. The first-order chi connectivity index (χ1) is 13.5. The lowest BCUT2D eigenvalue weighted by atomic mass is 10.2. The number of nitrogens with one attached hydrogen (secondary N) is 2. The Morgan fingerprint density at radius 3 is 2.57 bits per heavy atom. The van der Waals surface area contributed by atoms with Gasteiger partial charge in [0.1, 0.15) is 6.61 Å². The van der Waals surface area contributed by atoms with Crippen LogP contribution in [0.4, 0.5) is 5.69 Å². The summed E-state index contributed by atoms with van der Waals surface area (Å²) in [6.45, 7) is -0.122. The molecule has 146 valence electrons. The molecule has 0 aromatic heterocycles. The van der Waals surface area contributed by atoms with Gasteiger partial charge in [-0.15, -0.1) is 0 Å². The third-order valence-corrected chi connectivity index (χ3v) is 4.04. The lowest BCUT2D eigenvalue weighted by molar-refractivity contribution is -0.132. The quantitative estimate of drug-likeness (QED) is 0.578. The summed E-state index contributed by atoms with van der Waals surface area (Å²) >= 11 is 0. The fraction of sp³-hybridized carbons (Fsp3) is 0.250. The van der Waals surface area contributed by atoms with Crippen molar-refractivity contribution in [1.29, 1.82) is 0 Å². The Morgan fingerprint density at radius 1 is 1.14 bits per heavy atom. The number of hydrogen-bond donors (Lipinski definition) is 2. The van der Waals surface area contributed by atoms with Gasteiger partial charge in [0.25, 0.3) is 11.8 Å². The van der Waals surface area contributed by atoms with E-state index in [1.807, 2.05) is 49.3 Å². The number of carbonyl (C=O) groups is 2. The van der Waals surface area contributed by atoms with Gasteiger partial charge in [-0.25, -0.2) is 5.43 Å². The molecule has 0 bridgehead atoms. The molecule has 2 aromatic carbocycles. The van der Waals surface area contributed by atoms with Crippen LogP contribution in [-0.2, 0) is 9.59 Å². The molecule has 2 amide bonds. The normalized spacial score (nSPS) is 15.1. The van der Waals surface area contributed by atoms with E-state index in [1.165, 1.54) is 6.21 Å². The zero-order chi connectivity index (χ0) is 19.9. The van der Waals surface area contributed by atoms with Crippen molar-refractivity contribution in [2.75, 3.05) is 32.1 Å². The lowest BCUT2D eigenvalue weighted by Gasteiger charge is -2.25. The average Bonchev–Trinajstić information content (AvgIpc) is 2.72. The van der Waals surface area contributed by atoms with Gasteiger partial charge in [-0.3, -0.25) is 9.59 Å². The van der Waals surface area contributed by atoms with Crippen molar-refractivity contribution in [3.05, 3.63) is 54.1 Å². The Kier molecular flexibility index (Phi) is 6.11. The second-order valence-corrected chi connectivity index (χ2v) is 6.36. The standard InChI is InChI=1S/C20H22N4O4/c1-24(2)15-9-7-14(8-10-15)11-22-23-19(25)12-21-20(26)18-13-27-16-5-3-4-6-17(16)28-18/h3-11,18H,12-13H2,1-2H3,(H,21,26)(H,23,25)/b22-11+. The second kappa shape index (κ2) is 8.90. The molecule has 3 rings (SSSR count). The number of hydrogen-bond acceptors (Lipinski definition) is 6. The van der Waals surface area contributed by atoms with E-state index in [9.17, 15) is 9.59 Å². The topological polar surface area (TPSA) is 92.3 Å². The maximum Gasteiger partial charge on any atom is 0.265 e. The number of carbonyl (C=O) groups excluding carboxylic acids is 2. The minimum Gasteiger partial charge on any atom is -0.485 e. The molecule has 28 heavy (non-hydrogen) atoms. The van der Waals surface area contributed by atoms with Crippen molar-refractivity contribution >= 4 is 23.7 Å². The van der Waals surface area contributed by atoms with Gasteiger partial charge in [0.2, 0.25) is 6.10 Å². The SMILES string of the molecule is CN(C)c1ccc(/C=N/NC(=O)CNC(=O)C2COc3ccccc3O2)cc1. The average molecular weight is 382 g/mol. The van der Waals surface area contributed by atoms with Gasteiger partial charge < -0.3 is 19.7 Å². The van der Waals surface area contributed by atoms with Crippen LogP contribution < -0.4 is 25.1 Å². The molecule has 2 N–H and O–H groups in total. The number of benzene rings is 2. The summed E-state index contributed by atoms with van der Waals surface area (Å²) < 4.78 is 11.1. The van der Waals surface area contributed by atoms with Crippen LogP contribution in [-0.4, -0.2) is 51.4 Å². The molecule has 0 fully saturated rings. The molecule has 1 aliphatic heterocycles. The Bertz CT molecular complexity index is 865. The van der Waals surface area contributed by atoms with Gasteiger partial charge in [0, 0.05) is 19.8 Å². The first-order valence-electron chi connectivity index (χ1n) is 8.78. The number of fused-ring (bicyclic) bond motifs is 1. The van der Waals surface area contributed by atoms with Crippen LogP contribution in [0.25, 0.3) is 0 Å². The van der Waals surface area contributed by atoms with Crippen molar-refractivity contribution in [3.63, 3.8) is 0 Å². The monoisotopic (exact) mass is 382 g/mol. The summed E-state index contributed by atoms with van der Waals surface area (Å²) in [4.78, 5) is 26.0. The summed E-state index contributed by atoms with van der Waals surface area (Å²) in [6, 6.07) is 14.8. The van der Waals surface area contributed by atoms with E-state index in [4.69, 9.17) is 9.47 Å². The van der Waals surface area contributed by atoms with Crippen molar-refractivity contribution in [2.45, 2.75) is 6.10 Å². The Hall–Kier alpha value is -3.55. The zero-order valence-corrected chi connectivity index (χ0v) is 15.7. The molecule has 1 unspecified atom stereocenters. The first kappa shape index (κ1) is 19.2. The van der Waals surface area contributed by atoms with Crippen molar-refractivity contribution in [3.8, 4) is 11.5 Å². The van der Waals surface area contributed by atoms with E-state index in [-0.39, 0.29) is 13.2 Å². The molecule has 8 heteroatoms. The van der Waals surface area contributed by atoms with Crippen molar-refractivity contribution < 1.29 is 19.1 Å². The number of anilines is 1. The van der Waals surface area contributed by atoms with E-state index >= 15 is 0 Å². The Labute approximate surface area is 163 Å². The number of ether oxygens (including phenoxy) is 2. The summed E-state index contributed by atoms with van der Waals surface area (Å²) in [6.07, 6.45) is 0.732. The molecular formula is C20H22N4O4. The smallest absolute Gasteiger partial charge is 0.265 e. The molecule has 1 atom stereocenters. The molecule has 0 saturated heterocycles. The fourth-order valence-corrected chi connectivity index (χ4v) is 2.51. The minimum absolute atomic E-state index is 0.0889. The number of para-hydroxylation sites is 2. The molecule has 0 radical (unpaired) electrons. The largest absolute Gasteiger partial charge is 0.485 e. The van der Waals surface area contributed by atoms with Crippen LogP contribution >= 0.6 is 0 Å². The highest BCUT2D eigenvalue weighted by Crippen LogP contribution is 2.30. The predicted octanol–water partition coefficient (Wildman–Crippen LogP) is 1.16. The highest BCUT2D eigenvalue weighted by molar-refractivity contribution is 5.88. The van der Waals surface area contributed by atoms with Crippen LogP contribution in [0.1, 0.15) is 5.56 Å². The Balaban J connectivity index is 1.42. The third kappa shape index (κ3) is 5.00. The van der Waals surface area contributed by atoms with Crippen LogP contribution in [0.3, 0.4) is 0 Å². The van der Waals surface area contributed by atoms with Gasteiger partial charge in [-0.2, -0.15) is 5.10 Å². The fourth-order valence-electron chi connectivity index (χ4n) is 2.51. The summed E-state index contributed by atoms with van der Waals surface area (Å²) in [7, 11) is 3.92. The van der Waals surface area contributed by atoms with Gasteiger partial charge in [0.15, 0.2) is 11.5 Å². The third-order valence-electron chi connectivity index (χ3n) is 4.04. The first-order valence-corrected chi connectivity index (χ1v) is 8.78. The van der Waals surface area contributed by atoms with E-state index in [0.29, 0.717) is 11.5 Å². The molecule has 0 spiro atoms. The van der Waals surface area contributed by atoms with Crippen LogP contribution in [0.15, 0.2) is 53.6 Å². The molecule has 0 aliphatic carbocycles. The number of rotatable bonds is 6. The van der Waals surface area contributed by atoms with Gasteiger partial charge in [-0.05, 0) is 29.8 Å². The molecule has 1 aliphatic rings. The molecule has 2 aromatic rings. The lowest BCUT2D eigenvalue weighted by Crippen LogP contribution is -2.46. The maximum atomic E-state index is 12.2. The number of nitrogens with zero attached hydrogens (tertiary/aromatic N) is 2. The summed E-state index contributed by atoms with van der Waals surface area (Å²) in [5, 5.41) is 6.41. The van der Waals surface area contributed by atoms with Gasteiger partial charge >= 0.3 is 0 Å². The molecule has 8 nitrogen and oxygen atoms in total. The second-order valence-electron chi connectivity index (χ2n) is 6.36. The number of hydrazone groups is 1. The summed E-state index contributed by atoms with van der Waals surface area (Å²) in [5.41, 5.74) is 4.29. The van der Waals surface area contributed by atoms with E-state index < -0.39 is 17.9 Å². The number of amides is 2. The van der Waals surface area contributed by atoms with Gasteiger partial charge in [0.05, 0.1) is 12.8 Å². The van der Waals surface area contributed by atoms with Crippen LogP contribution in [0.2, 0.25) is 0 Å². The van der Waals surface area contributed by atoms with Crippen LogP contribution in [0.5, 0.6) is 11.5 Å². The van der Waals surface area contributed by atoms with Gasteiger partial charge in [-0.1, -0.05) is 24.3 Å². The maximum absolute atomic E-state index is 12.2. The summed E-state index contributed by atoms with van der Waals surface area (Å²) in [5.74, 6) is 0.236. The molecular weight excluding hydrogens is 360 g/mol. The van der Waals surface area contributed by atoms with E-state index in [1.54, 1.807) is 18.2 Å². The van der Waals surface area contributed by atoms with Crippen molar-refractivity contribution in [1.82, 2.24) is 10.7 Å². The minimum atomic E-state index is -0.804.